The van der Waals surface area contributed by atoms with Gasteiger partial charge >= 0.3 is 24.6 Å². The number of hydrogen-bond donors (Lipinski definition) is 1. The van der Waals surface area contributed by atoms with E-state index in [1.54, 1.807) is 0 Å². The number of nitrogens with zero attached hydrogens (tertiary/aromatic N) is 3. The number of hydrogen-bond acceptors (Lipinski definition) is 3. The predicted molar refractivity (Wildman–Crippen MR) is 98.5 cm³/mol. The van der Waals surface area contributed by atoms with Gasteiger partial charge in [0.05, 0.1) is 16.7 Å². The van der Waals surface area contributed by atoms with E-state index in [2.05, 4.69) is 4.98 Å². The lowest BCUT2D eigenvalue weighted by Gasteiger charge is -2.36. The van der Waals surface area contributed by atoms with Crippen molar-refractivity contribution in [3.05, 3.63) is 53.2 Å². The first kappa shape index (κ1) is 24.5. The van der Waals surface area contributed by atoms with Crippen LogP contribution in [0.5, 0.6) is 0 Å². The van der Waals surface area contributed by atoms with E-state index >= 15 is 0 Å². The van der Waals surface area contributed by atoms with Crippen LogP contribution in [0.1, 0.15) is 16.7 Å². The van der Waals surface area contributed by atoms with E-state index in [0.29, 0.717) is 12.1 Å². The molecule has 1 aromatic carbocycles. The smallest absolute Gasteiger partial charge is 0.353 e. The van der Waals surface area contributed by atoms with Crippen molar-refractivity contribution in [3.8, 4) is 0 Å². The summed E-state index contributed by atoms with van der Waals surface area (Å²) in [5, 5.41) is 2.00. The van der Waals surface area contributed by atoms with Gasteiger partial charge in [-0.05, 0) is 30.3 Å². The van der Waals surface area contributed by atoms with Crippen molar-refractivity contribution in [1.29, 1.82) is 0 Å². The molecule has 0 aliphatic carbocycles. The molecule has 1 aliphatic heterocycles. The zero-order valence-electron chi connectivity index (χ0n) is 16.4. The number of piperazine rings is 1. The maximum atomic E-state index is 13.2. The number of halogens is 9. The van der Waals surface area contributed by atoms with Crippen LogP contribution in [0.4, 0.5) is 55.8 Å². The minimum Gasteiger partial charge on any atom is -0.353 e. The van der Waals surface area contributed by atoms with E-state index in [-0.39, 0.29) is 38.1 Å². The van der Waals surface area contributed by atoms with Crippen LogP contribution in [-0.2, 0) is 18.5 Å². The zero-order chi connectivity index (χ0) is 24.6. The van der Waals surface area contributed by atoms with Gasteiger partial charge in [0, 0.05) is 38.1 Å². The molecule has 5 nitrogen and oxygen atoms in total. The minimum absolute atomic E-state index is 0.0699. The quantitative estimate of drug-likeness (QED) is 0.572. The third-order valence-electron chi connectivity index (χ3n) is 4.80. The zero-order valence-corrected chi connectivity index (χ0v) is 16.4. The number of pyridine rings is 1. The van der Waals surface area contributed by atoms with Crippen molar-refractivity contribution in [2.45, 2.75) is 18.5 Å². The number of nitrogens with one attached hydrogen (secondary N) is 1. The molecule has 0 bridgehead atoms. The summed E-state index contributed by atoms with van der Waals surface area (Å²) in [6, 6.07) is 1.66. The Bertz CT molecular complexity index is 977. The number of rotatable bonds is 2. The average molecular weight is 486 g/mol. The lowest BCUT2D eigenvalue weighted by atomic mass is 10.1. The second-order valence-corrected chi connectivity index (χ2v) is 7.07. The Morgan fingerprint density at radius 2 is 1.36 bits per heavy atom. The van der Waals surface area contributed by atoms with Gasteiger partial charge in [0.2, 0.25) is 0 Å². The fraction of sp³-hybridized carbons (Fsp3) is 0.368. The summed E-state index contributed by atoms with van der Waals surface area (Å²) in [6.07, 6.45) is -13.6. The van der Waals surface area contributed by atoms with Crippen LogP contribution in [0.25, 0.3) is 0 Å². The highest BCUT2D eigenvalue weighted by Crippen LogP contribution is 2.38. The molecule has 1 aliphatic rings. The number of aromatic nitrogens is 1. The summed E-state index contributed by atoms with van der Waals surface area (Å²) in [6.45, 7) is -0.427. The number of anilines is 2. The first-order valence-electron chi connectivity index (χ1n) is 9.29. The molecular formula is C19H15F9N4O. The molecule has 3 rings (SSSR count). The number of carbonyl (C=O) groups excluding carboxylic acids is 1. The lowest BCUT2D eigenvalue weighted by molar-refractivity contribution is -0.143. The monoisotopic (exact) mass is 486 g/mol. The van der Waals surface area contributed by atoms with Crippen LogP contribution in [0.2, 0.25) is 0 Å². The highest BCUT2D eigenvalue weighted by atomic mass is 19.4. The molecule has 1 fully saturated rings. The standard InChI is InChI=1S/C19H15F9N4O/c20-17(21,22)11-8-12(18(23,24)25)10-13(9-11)30-16(33)32-6-4-31(5-7-32)15-14(19(26,27)28)2-1-3-29-15/h1-3,8-10H,4-7H2,(H,30,33). The number of urea groups is 1. The maximum Gasteiger partial charge on any atom is 0.419 e. The van der Waals surface area contributed by atoms with Crippen molar-refractivity contribution in [3.63, 3.8) is 0 Å². The third-order valence-corrected chi connectivity index (χ3v) is 4.80. The van der Waals surface area contributed by atoms with E-state index < -0.39 is 46.9 Å². The maximum absolute atomic E-state index is 13.2. The number of benzene rings is 1. The average Bonchev–Trinajstić information content (AvgIpc) is 2.72. The second kappa shape index (κ2) is 8.63. The minimum atomic E-state index is -5.08. The van der Waals surface area contributed by atoms with E-state index in [1.165, 1.54) is 11.1 Å². The fourth-order valence-electron chi connectivity index (χ4n) is 3.22. The first-order chi connectivity index (χ1) is 15.2. The number of amides is 2. The van der Waals surface area contributed by atoms with Gasteiger partial charge in [0.1, 0.15) is 5.82 Å². The van der Waals surface area contributed by atoms with E-state index in [9.17, 15) is 44.3 Å². The van der Waals surface area contributed by atoms with Gasteiger partial charge in [0.25, 0.3) is 0 Å². The lowest BCUT2D eigenvalue weighted by Crippen LogP contribution is -2.50. The summed E-state index contributed by atoms with van der Waals surface area (Å²) < 4.78 is 117. The van der Waals surface area contributed by atoms with E-state index in [1.807, 2.05) is 5.32 Å². The Kier molecular flexibility index (Phi) is 6.40. The normalized spacial score (nSPS) is 15.5. The van der Waals surface area contributed by atoms with Crippen LogP contribution >= 0.6 is 0 Å². The van der Waals surface area contributed by atoms with Crippen LogP contribution in [0, 0.1) is 0 Å². The Labute approximate surface area is 180 Å². The number of alkyl halides is 9. The van der Waals surface area contributed by atoms with Gasteiger partial charge in [-0.3, -0.25) is 0 Å². The molecule has 0 atom stereocenters. The van der Waals surface area contributed by atoms with Gasteiger partial charge in [0.15, 0.2) is 0 Å². The highest BCUT2D eigenvalue weighted by Gasteiger charge is 2.38. The van der Waals surface area contributed by atoms with Gasteiger partial charge < -0.3 is 15.1 Å². The Balaban J connectivity index is 1.73. The molecule has 33 heavy (non-hydrogen) atoms. The molecule has 180 valence electrons. The van der Waals surface area contributed by atoms with Crippen LogP contribution in [0.15, 0.2) is 36.5 Å². The second-order valence-electron chi connectivity index (χ2n) is 7.07. The molecule has 0 saturated carbocycles. The van der Waals surface area contributed by atoms with Crippen LogP contribution in [-0.4, -0.2) is 42.1 Å². The molecule has 0 radical (unpaired) electrons. The predicted octanol–water partition coefficient (Wildman–Crippen LogP) is 5.49. The molecular weight excluding hydrogens is 471 g/mol. The molecule has 0 unspecified atom stereocenters. The number of carbonyl (C=O) groups is 1. The summed E-state index contributed by atoms with van der Waals surface area (Å²) in [7, 11) is 0. The molecule has 2 heterocycles. The van der Waals surface area contributed by atoms with Gasteiger partial charge in [-0.25, -0.2) is 9.78 Å². The molecule has 1 aromatic heterocycles. The molecule has 1 N–H and O–H groups in total. The SMILES string of the molecule is O=C(Nc1cc(C(F)(F)F)cc(C(F)(F)F)c1)N1CCN(c2ncccc2C(F)(F)F)CC1. The summed E-state index contributed by atoms with van der Waals surface area (Å²) in [5.74, 6) is -0.335. The molecule has 2 amide bonds. The summed E-state index contributed by atoms with van der Waals surface area (Å²) >= 11 is 0. The summed E-state index contributed by atoms with van der Waals surface area (Å²) in [5.41, 5.74) is -4.86. The summed E-state index contributed by atoms with van der Waals surface area (Å²) in [4.78, 5) is 18.5. The molecule has 14 heteroatoms. The van der Waals surface area contributed by atoms with Crippen molar-refractivity contribution in [2.24, 2.45) is 0 Å². The van der Waals surface area contributed by atoms with Crippen molar-refractivity contribution < 1.29 is 44.3 Å². The van der Waals surface area contributed by atoms with Crippen molar-refractivity contribution >= 4 is 17.5 Å². The first-order valence-corrected chi connectivity index (χ1v) is 9.29. The molecule has 0 spiro atoms. The topological polar surface area (TPSA) is 48.5 Å². The Morgan fingerprint density at radius 3 is 1.85 bits per heavy atom. The molecule has 2 aromatic rings. The fourth-order valence-corrected chi connectivity index (χ4v) is 3.22. The third kappa shape index (κ3) is 5.79. The Morgan fingerprint density at radius 1 is 0.818 bits per heavy atom. The van der Waals surface area contributed by atoms with Crippen LogP contribution < -0.4 is 10.2 Å². The van der Waals surface area contributed by atoms with Crippen molar-refractivity contribution in [1.82, 2.24) is 9.88 Å². The van der Waals surface area contributed by atoms with Gasteiger partial charge in [-0.1, -0.05) is 0 Å². The highest BCUT2D eigenvalue weighted by molar-refractivity contribution is 5.89. The van der Waals surface area contributed by atoms with Crippen molar-refractivity contribution in [2.75, 3.05) is 36.4 Å². The van der Waals surface area contributed by atoms with Gasteiger partial charge in [-0.15, -0.1) is 0 Å². The largest absolute Gasteiger partial charge is 0.419 e. The Hall–Kier alpha value is -3.19. The van der Waals surface area contributed by atoms with Crippen LogP contribution in [0.3, 0.4) is 0 Å². The van der Waals surface area contributed by atoms with E-state index in [0.717, 1.165) is 17.0 Å². The van der Waals surface area contributed by atoms with Gasteiger partial charge in [-0.2, -0.15) is 39.5 Å². The van der Waals surface area contributed by atoms with E-state index in [4.69, 9.17) is 0 Å². The molecule has 1 saturated heterocycles.